The van der Waals surface area contributed by atoms with Gasteiger partial charge in [0, 0.05) is 11.1 Å². The van der Waals surface area contributed by atoms with Crippen LogP contribution in [-0.4, -0.2) is 19.2 Å². The highest BCUT2D eigenvalue weighted by atomic mass is 16.7. The Morgan fingerprint density at radius 3 is 2.77 bits per heavy atom. The lowest BCUT2D eigenvalue weighted by molar-refractivity contribution is 0.104. The molecule has 22 heavy (non-hydrogen) atoms. The van der Waals surface area contributed by atoms with Crippen LogP contribution in [0.3, 0.4) is 0 Å². The molecular formula is C18H16O4. The summed E-state index contributed by atoms with van der Waals surface area (Å²) < 4.78 is 16.1. The minimum atomic E-state index is -0.0698. The van der Waals surface area contributed by atoms with E-state index in [9.17, 15) is 4.79 Å². The number of rotatable bonds is 5. The van der Waals surface area contributed by atoms with Crippen LogP contribution in [0, 0.1) is 0 Å². The van der Waals surface area contributed by atoms with Crippen LogP contribution < -0.4 is 14.2 Å². The maximum Gasteiger partial charge on any atom is 0.231 e. The van der Waals surface area contributed by atoms with Gasteiger partial charge in [0.05, 0.1) is 6.61 Å². The van der Waals surface area contributed by atoms with Gasteiger partial charge < -0.3 is 14.2 Å². The maximum absolute atomic E-state index is 12.2. The molecule has 0 radical (unpaired) electrons. The molecule has 0 unspecified atom stereocenters. The summed E-state index contributed by atoms with van der Waals surface area (Å²) in [7, 11) is 0. The molecule has 0 spiro atoms. The molecule has 1 aliphatic rings. The Bertz CT molecular complexity index is 702. The highest BCUT2D eigenvalue weighted by Crippen LogP contribution is 2.35. The van der Waals surface area contributed by atoms with Gasteiger partial charge in [-0.2, -0.15) is 0 Å². The Balaban J connectivity index is 1.75. The van der Waals surface area contributed by atoms with E-state index in [1.54, 1.807) is 30.3 Å². The van der Waals surface area contributed by atoms with E-state index in [-0.39, 0.29) is 12.6 Å². The monoisotopic (exact) mass is 296 g/mol. The van der Waals surface area contributed by atoms with Gasteiger partial charge in [-0.25, -0.2) is 0 Å². The van der Waals surface area contributed by atoms with Gasteiger partial charge in [-0.05, 0) is 49.4 Å². The predicted octanol–water partition coefficient (Wildman–Crippen LogP) is 3.71. The zero-order chi connectivity index (χ0) is 15.4. The minimum Gasteiger partial charge on any atom is -0.494 e. The van der Waals surface area contributed by atoms with Crippen LogP contribution in [0.25, 0.3) is 6.08 Å². The second-order valence-electron chi connectivity index (χ2n) is 4.74. The van der Waals surface area contributed by atoms with Crippen molar-refractivity contribution in [3.05, 3.63) is 59.7 Å². The van der Waals surface area contributed by atoms with Gasteiger partial charge >= 0.3 is 0 Å². The van der Waals surface area contributed by atoms with Crippen LogP contribution in [0.5, 0.6) is 17.2 Å². The van der Waals surface area contributed by atoms with E-state index in [0.717, 1.165) is 11.3 Å². The number of fused-ring (bicyclic) bond motifs is 1. The Morgan fingerprint density at radius 1 is 1.18 bits per heavy atom. The Morgan fingerprint density at radius 2 is 2.00 bits per heavy atom. The number of carbonyl (C=O) groups excluding carboxylic acids is 1. The van der Waals surface area contributed by atoms with Crippen molar-refractivity contribution in [2.45, 2.75) is 6.92 Å². The lowest BCUT2D eigenvalue weighted by Gasteiger charge is -2.03. The number of para-hydroxylation sites is 1. The molecule has 2 aromatic carbocycles. The molecule has 1 aliphatic heterocycles. The number of ketones is 1. The van der Waals surface area contributed by atoms with Crippen molar-refractivity contribution in [2.24, 2.45) is 0 Å². The average Bonchev–Trinajstić information content (AvgIpc) is 3.03. The number of hydrogen-bond donors (Lipinski definition) is 0. The lowest BCUT2D eigenvalue weighted by atomic mass is 10.1. The first-order chi connectivity index (χ1) is 10.8. The van der Waals surface area contributed by atoms with E-state index in [4.69, 9.17) is 14.2 Å². The number of benzene rings is 2. The Labute approximate surface area is 128 Å². The molecule has 0 saturated carbocycles. The zero-order valence-electron chi connectivity index (χ0n) is 12.2. The molecule has 0 amide bonds. The van der Waals surface area contributed by atoms with E-state index in [1.807, 2.05) is 25.1 Å². The molecule has 1 heterocycles. The van der Waals surface area contributed by atoms with Crippen molar-refractivity contribution in [3.63, 3.8) is 0 Å². The quantitative estimate of drug-likeness (QED) is 0.623. The van der Waals surface area contributed by atoms with Gasteiger partial charge in [0.1, 0.15) is 5.75 Å². The number of carbonyl (C=O) groups is 1. The molecule has 0 fully saturated rings. The first-order valence-electron chi connectivity index (χ1n) is 7.12. The molecule has 3 rings (SSSR count). The van der Waals surface area contributed by atoms with Gasteiger partial charge in [-0.1, -0.05) is 12.1 Å². The van der Waals surface area contributed by atoms with Gasteiger partial charge in [-0.3, -0.25) is 4.79 Å². The highest BCUT2D eigenvalue weighted by Gasteiger charge is 2.15. The molecule has 0 N–H and O–H groups in total. The van der Waals surface area contributed by atoms with Gasteiger partial charge in [0.2, 0.25) is 6.79 Å². The van der Waals surface area contributed by atoms with E-state index >= 15 is 0 Å². The van der Waals surface area contributed by atoms with Crippen LogP contribution in [0.15, 0.2) is 48.5 Å². The summed E-state index contributed by atoms with van der Waals surface area (Å²) in [6.07, 6.45) is 3.28. The molecule has 0 aliphatic carbocycles. The zero-order valence-corrected chi connectivity index (χ0v) is 12.2. The standard InChI is InChI=1S/C18H16O4/c1-2-20-15-9-6-13(7-10-15)16(19)11-8-14-4-3-5-17-18(14)22-12-21-17/h3-11H,2,12H2,1H3/b11-8+. The summed E-state index contributed by atoms with van der Waals surface area (Å²) in [5, 5.41) is 0. The molecule has 0 bridgehead atoms. The Hall–Kier alpha value is -2.75. The number of allylic oxidation sites excluding steroid dienone is 1. The fourth-order valence-electron chi connectivity index (χ4n) is 2.23. The third-order valence-corrected chi connectivity index (χ3v) is 3.29. The van der Waals surface area contributed by atoms with Crippen molar-refractivity contribution in [3.8, 4) is 17.2 Å². The summed E-state index contributed by atoms with van der Waals surface area (Å²) in [5.74, 6) is 2.07. The molecule has 0 aromatic heterocycles. The summed E-state index contributed by atoms with van der Waals surface area (Å²) in [4.78, 5) is 12.2. The van der Waals surface area contributed by atoms with E-state index < -0.39 is 0 Å². The van der Waals surface area contributed by atoms with Crippen LogP contribution in [0.2, 0.25) is 0 Å². The average molecular weight is 296 g/mol. The number of ether oxygens (including phenoxy) is 3. The second-order valence-corrected chi connectivity index (χ2v) is 4.74. The summed E-state index contributed by atoms with van der Waals surface area (Å²) in [6, 6.07) is 12.7. The fourth-order valence-corrected chi connectivity index (χ4v) is 2.23. The first kappa shape index (κ1) is 14.2. The topological polar surface area (TPSA) is 44.8 Å². The van der Waals surface area contributed by atoms with Gasteiger partial charge in [-0.15, -0.1) is 0 Å². The second kappa shape index (κ2) is 6.35. The van der Waals surface area contributed by atoms with Crippen molar-refractivity contribution in [1.82, 2.24) is 0 Å². The predicted molar refractivity (Wildman–Crippen MR) is 83.5 cm³/mol. The van der Waals surface area contributed by atoms with Crippen LogP contribution in [-0.2, 0) is 0 Å². The Kier molecular flexibility index (Phi) is 4.10. The first-order valence-corrected chi connectivity index (χ1v) is 7.12. The lowest BCUT2D eigenvalue weighted by Crippen LogP contribution is -1.96. The molecular weight excluding hydrogens is 280 g/mol. The molecule has 4 nitrogen and oxygen atoms in total. The summed E-state index contributed by atoms with van der Waals surface area (Å²) in [5.41, 5.74) is 1.44. The molecule has 4 heteroatoms. The van der Waals surface area contributed by atoms with Crippen molar-refractivity contribution < 1.29 is 19.0 Å². The van der Waals surface area contributed by atoms with Crippen LogP contribution in [0.4, 0.5) is 0 Å². The van der Waals surface area contributed by atoms with E-state index in [2.05, 4.69) is 0 Å². The molecule has 2 aromatic rings. The van der Waals surface area contributed by atoms with Crippen LogP contribution >= 0.6 is 0 Å². The molecule has 0 saturated heterocycles. The van der Waals surface area contributed by atoms with Crippen molar-refractivity contribution in [2.75, 3.05) is 13.4 Å². The highest BCUT2D eigenvalue weighted by molar-refractivity contribution is 6.07. The minimum absolute atomic E-state index is 0.0698. The SMILES string of the molecule is CCOc1ccc(C(=O)/C=C/c2cccc3c2OCO3)cc1. The van der Waals surface area contributed by atoms with Gasteiger partial charge in [0.15, 0.2) is 17.3 Å². The molecule has 112 valence electrons. The maximum atomic E-state index is 12.2. The third kappa shape index (κ3) is 2.96. The van der Waals surface area contributed by atoms with Gasteiger partial charge in [0.25, 0.3) is 0 Å². The number of hydrogen-bond acceptors (Lipinski definition) is 4. The normalized spacial score (nSPS) is 12.6. The molecule has 0 atom stereocenters. The van der Waals surface area contributed by atoms with Crippen LogP contribution in [0.1, 0.15) is 22.8 Å². The largest absolute Gasteiger partial charge is 0.494 e. The fraction of sp³-hybridized carbons (Fsp3) is 0.167. The van der Waals surface area contributed by atoms with E-state index in [1.165, 1.54) is 6.08 Å². The third-order valence-electron chi connectivity index (χ3n) is 3.29. The van der Waals surface area contributed by atoms with Crippen molar-refractivity contribution in [1.29, 1.82) is 0 Å². The van der Waals surface area contributed by atoms with E-state index in [0.29, 0.717) is 23.7 Å². The summed E-state index contributed by atoms with van der Waals surface area (Å²) in [6.45, 7) is 2.74. The van der Waals surface area contributed by atoms with Crippen molar-refractivity contribution >= 4 is 11.9 Å². The summed E-state index contributed by atoms with van der Waals surface area (Å²) >= 11 is 0. The smallest absolute Gasteiger partial charge is 0.231 e.